The number of phenols is 2. The van der Waals surface area contributed by atoms with Crippen LogP contribution in [-0.2, 0) is 20.7 Å². The van der Waals surface area contributed by atoms with E-state index < -0.39 is 95.7 Å². The fourth-order valence-electron chi connectivity index (χ4n) is 11.0. The Morgan fingerprint density at radius 3 is 2.16 bits per heavy atom. The number of carbonyl (C=O) groups excluding carboxylic acids is 3. The summed E-state index contributed by atoms with van der Waals surface area (Å²) in [6.45, 7) is 3.43. The number of aromatic nitrogens is 2. The number of phenolic OH excluding ortho intramolecular Hbond substituents is 2. The summed E-state index contributed by atoms with van der Waals surface area (Å²) < 4.78 is 45.8. The third-order valence-corrected chi connectivity index (χ3v) is 14.9. The zero-order valence-electron chi connectivity index (χ0n) is 40.3. The van der Waals surface area contributed by atoms with Gasteiger partial charge in [-0.2, -0.15) is 0 Å². The summed E-state index contributed by atoms with van der Waals surface area (Å²) in [5.41, 5.74) is 6.31. The Morgan fingerprint density at radius 2 is 1.53 bits per heavy atom. The molecule has 8 N–H and O–H groups in total. The number of hydrogen-bond acceptors (Lipinski definition) is 14. The molecule has 4 aliphatic rings. The second kappa shape index (κ2) is 21.1. The summed E-state index contributed by atoms with van der Waals surface area (Å²) in [7, 11) is 1.32. The van der Waals surface area contributed by atoms with Gasteiger partial charge in [0.05, 0.1) is 53.1 Å². The number of halogens is 2. The van der Waals surface area contributed by atoms with E-state index >= 15 is 0 Å². The molecular formula is C55H58F2N4O12. The average Bonchev–Trinajstić information content (AvgIpc) is 3.73. The highest BCUT2D eigenvalue weighted by Gasteiger charge is 2.50. The topological polar surface area (TPSA) is 247 Å². The number of ether oxygens (including phenoxy) is 3. The highest BCUT2D eigenvalue weighted by atomic mass is 19.1. The van der Waals surface area contributed by atoms with Crippen LogP contribution in [0.15, 0.2) is 95.8 Å². The zero-order chi connectivity index (χ0) is 51.9. The van der Waals surface area contributed by atoms with Crippen molar-refractivity contribution in [1.82, 2.24) is 14.5 Å². The van der Waals surface area contributed by atoms with Crippen molar-refractivity contribution in [3.05, 3.63) is 158 Å². The first-order chi connectivity index (χ1) is 35.0. The number of hydrogen-bond donors (Lipinski definition) is 7. The van der Waals surface area contributed by atoms with Gasteiger partial charge in [-0.15, -0.1) is 0 Å². The molecule has 5 aromatic carbocycles. The summed E-state index contributed by atoms with van der Waals surface area (Å²) in [5.74, 6) is -4.18. The van der Waals surface area contributed by atoms with Gasteiger partial charge in [-0.05, 0) is 92.7 Å². The Hall–Kier alpha value is -6.64. The van der Waals surface area contributed by atoms with Gasteiger partial charge in [0, 0.05) is 67.0 Å². The van der Waals surface area contributed by atoms with E-state index in [4.69, 9.17) is 19.9 Å². The van der Waals surface area contributed by atoms with Crippen LogP contribution in [0.25, 0.3) is 11.0 Å². The lowest BCUT2D eigenvalue weighted by Crippen LogP contribution is -2.53. The van der Waals surface area contributed by atoms with Crippen molar-refractivity contribution >= 4 is 28.4 Å². The molecule has 0 saturated carbocycles. The monoisotopic (exact) mass is 1000 g/mol. The number of H-pyrrole nitrogens is 1. The fourth-order valence-corrected chi connectivity index (χ4v) is 11.0. The lowest BCUT2D eigenvalue weighted by molar-refractivity contribution is -0.247. The van der Waals surface area contributed by atoms with Crippen molar-refractivity contribution in [2.45, 2.75) is 100 Å². The normalized spacial score (nSPS) is 23.1. The number of nitrogens with zero attached hydrogens (tertiary/aromatic N) is 2. The number of likely N-dealkylation sites (tertiary alicyclic amines) is 1. The van der Waals surface area contributed by atoms with Crippen LogP contribution in [0.3, 0.4) is 0 Å². The van der Waals surface area contributed by atoms with Crippen molar-refractivity contribution in [3.63, 3.8) is 0 Å². The van der Waals surface area contributed by atoms with Crippen molar-refractivity contribution < 1.29 is 62.9 Å². The molecule has 2 aliphatic heterocycles. The molecule has 6 aromatic rings. The van der Waals surface area contributed by atoms with E-state index in [1.165, 1.54) is 49.6 Å². The Labute approximate surface area is 418 Å². The molecule has 2 aliphatic carbocycles. The minimum absolute atomic E-state index is 0.0173. The number of aliphatic hydroxyl groups is 3. The molecule has 384 valence electrons. The number of Topliss-reactive ketones (excluding diaryl/α,β-unsaturated/α-hetero) is 1. The Balaban J connectivity index is 0.000000181. The number of benzene rings is 5. The summed E-state index contributed by atoms with van der Waals surface area (Å²) in [6.07, 6.45) is -1.35. The van der Waals surface area contributed by atoms with Gasteiger partial charge in [0.25, 0.3) is 0 Å². The number of nitrogens with two attached hydrogens (primary N) is 1. The van der Waals surface area contributed by atoms with E-state index in [1.807, 2.05) is 53.1 Å². The summed E-state index contributed by atoms with van der Waals surface area (Å²) >= 11 is 0. The van der Waals surface area contributed by atoms with Crippen LogP contribution in [0.5, 0.6) is 17.2 Å². The largest absolute Gasteiger partial charge is 0.507 e. The number of carbonyl (C=O) groups is 3. The molecule has 3 heterocycles. The maximum absolute atomic E-state index is 13.6. The SMILES string of the molecule is COc1cccc2c1C(=O)c1c(O)c3c(c(O)c1C2=O)C[C@@](O)(C(=O)CO)C[C@@H]3O[C@H]1C[C@H](N)[C@H](O)[C@H](C)O1.O=c1[nH]c2ccccc2n1C1CCN(CCCC(c2ccc(F)cc2)c2ccc(F)cc2)CC1. The Kier molecular flexibility index (Phi) is 14.8. The Bertz CT molecular complexity index is 3040. The number of para-hydroxylation sites is 2. The first-order valence-electron chi connectivity index (χ1n) is 24.4. The number of aromatic amines is 1. The van der Waals surface area contributed by atoms with Gasteiger partial charge in [-0.3, -0.25) is 19.0 Å². The minimum atomic E-state index is -2.24. The number of aliphatic hydroxyl groups excluding tert-OH is 2. The molecule has 0 amide bonds. The lowest BCUT2D eigenvalue weighted by Gasteiger charge is -2.42. The summed E-state index contributed by atoms with van der Waals surface area (Å²) in [5, 5.41) is 53.7. The number of piperidine rings is 1. The van der Waals surface area contributed by atoms with Crippen LogP contribution in [-0.4, -0.2) is 121 Å². The van der Waals surface area contributed by atoms with Crippen molar-refractivity contribution in [2.75, 3.05) is 33.4 Å². The molecule has 2 saturated heterocycles. The molecule has 0 bridgehead atoms. The highest BCUT2D eigenvalue weighted by molar-refractivity contribution is 6.31. The minimum Gasteiger partial charge on any atom is -0.507 e. The number of aromatic hydroxyl groups is 2. The van der Waals surface area contributed by atoms with E-state index in [9.17, 15) is 53.5 Å². The van der Waals surface area contributed by atoms with Gasteiger partial charge in [0.2, 0.25) is 5.78 Å². The average molecular weight is 1010 g/mol. The number of ketones is 3. The standard InChI is InChI=1S/C28H29F2N3O.C27H29NO11/c29-22-11-7-20(8-12-22)25(21-9-13-23(30)14-10-21)4-3-17-32-18-15-24(16-19-32)33-27-6-2-1-5-26(27)31-28(33)34;1-10-22(31)13(28)6-17(38-10)39-15-8-27(36,16(30)9-29)7-12-19(15)26(35)21-20(24(12)33)23(32)11-4-3-5-14(37-2)18(11)25(21)34/h1-2,5-14,24-25H,3-4,15-19H2,(H,31,34);3-5,10,13,15,17,22,29,31,33,35-36H,6-9,28H2,1-2H3/t;10-,13-,15-,17-,22+,27-/m.0/s1. The fraction of sp³-hybridized carbons (Fsp3) is 0.382. The first-order valence-corrected chi connectivity index (χ1v) is 24.4. The van der Waals surface area contributed by atoms with E-state index in [1.54, 1.807) is 6.92 Å². The lowest BCUT2D eigenvalue weighted by atomic mass is 9.72. The number of imidazole rings is 1. The predicted molar refractivity (Wildman–Crippen MR) is 263 cm³/mol. The third kappa shape index (κ3) is 9.95. The number of methoxy groups -OCH3 is 1. The van der Waals surface area contributed by atoms with Crippen LogP contribution in [0.4, 0.5) is 8.78 Å². The third-order valence-electron chi connectivity index (χ3n) is 14.9. The zero-order valence-corrected chi connectivity index (χ0v) is 40.3. The van der Waals surface area contributed by atoms with E-state index in [2.05, 4.69) is 9.88 Å². The van der Waals surface area contributed by atoms with Crippen molar-refractivity contribution in [3.8, 4) is 17.2 Å². The molecule has 16 nitrogen and oxygen atoms in total. The van der Waals surface area contributed by atoms with Gasteiger partial charge in [0.1, 0.15) is 41.1 Å². The maximum atomic E-state index is 13.6. The highest BCUT2D eigenvalue weighted by Crippen LogP contribution is 2.52. The number of rotatable bonds is 12. The van der Waals surface area contributed by atoms with E-state index in [0.717, 1.165) is 67.5 Å². The van der Waals surface area contributed by atoms with Gasteiger partial charge in [0.15, 0.2) is 17.9 Å². The first kappa shape index (κ1) is 51.3. The molecule has 73 heavy (non-hydrogen) atoms. The van der Waals surface area contributed by atoms with Crippen LogP contribution in [0.1, 0.15) is 118 Å². The molecule has 10 rings (SSSR count). The second-order valence-corrected chi connectivity index (χ2v) is 19.3. The summed E-state index contributed by atoms with van der Waals surface area (Å²) in [4.78, 5) is 57.7. The van der Waals surface area contributed by atoms with Gasteiger partial charge < -0.3 is 55.4 Å². The molecule has 6 atom stereocenters. The van der Waals surface area contributed by atoms with Crippen LogP contribution < -0.4 is 16.2 Å². The van der Waals surface area contributed by atoms with Gasteiger partial charge in [-0.25, -0.2) is 13.6 Å². The smallest absolute Gasteiger partial charge is 0.326 e. The quantitative estimate of drug-likeness (QED) is 0.0710. The van der Waals surface area contributed by atoms with Crippen LogP contribution in [0, 0.1) is 11.6 Å². The van der Waals surface area contributed by atoms with Gasteiger partial charge >= 0.3 is 5.69 Å². The molecule has 1 aromatic heterocycles. The van der Waals surface area contributed by atoms with Crippen molar-refractivity contribution in [1.29, 1.82) is 0 Å². The molecular weight excluding hydrogens is 947 g/mol. The van der Waals surface area contributed by atoms with Crippen LogP contribution in [0.2, 0.25) is 0 Å². The van der Waals surface area contributed by atoms with Gasteiger partial charge in [-0.1, -0.05) is 48.5 Å². The molecule has 0 radical (unpaired) electrons. The number of fused-ring (bicyclic) bond motifs is 4. The summed E-state index contributed by atoms with van der Waals surface area (Å²) in [6, 6.07) is 25.0. The number of nitrogens with one attached hydrogen (secondary N) is 1. The molecule has 2 fully saturated rings. The van der Waals surface area contributed by atoms with E-state index in [0.29, 0.717) is 0 Å². The molecule has 0 spiro atoms. The Morgan fingerprint density at radius 1 is 0.890 bits per heavy atom. The van der Waals surface area contributed by atoms with Crippen molar-refractivity contribution in [2.24, 2.45) is 5.73 Å². The molecule has 18 heteroatoms. The van der Waals surface area contributed by atoms with E-state index in [-0.39, 0.29) is 63.7 Å². The maximum Gasteiger partial charge on any atom is 0.326 e. The predicted octanol–water partition coefficient (Wildman–Crippen LogP) is 5.86. The molecule has 0 unspecified atom stereocenters. The van der Waals surface area contributed by atoms with Crippen LogP contribution >= 0.6 is 0 Å². The second-order valence-electron chi connectivity index (χ2n) is 19.3.